The van der Waals surface area contributed by atoms with Crippen molar-refractivity contribution in [1.29, 1.82) is 0 Å². The lowest BCUT2D eigenvalue weighted by Gasteiger charge is -2.51. The summed E-state index contributed by atoms with van der Waals surface area (Å²) in [5.74, 6) is 4.10. The average molecular weight is 258 g/mol. The van der Waals surface area contributed by atoms with Gasteiger partial charge >= 0.3 is 0 Å². The molecule has 4 bridgehead atoms. The maximum absolute atomic E-state index is 4.25. The van der Waals surface area contributed by atoms with Crippen LogP contribution in [-0.4, -0.2) is 0 Å². The van der Waals surface area contributed by atoms with Crippen LogP contribution in [-0.2, 0) is 0 Å². The summed E-state index contributed by atoms with van der Waals surface area (Å²) in [4.78, 5) is 0. The molecule has 0 N–H and O–H groups in total. The van der Waals surface area contributed by atoms with Gasteiger partial charge in [-0.15, -0.1) is 0 Å². The van der Waals surface area contributed by atoms with Crippen molar-refractivity contribution in [2.45, 2.75) is 71.1 Å². The maximum Gasteiger partial charge on any atom is -0.0198 e. The summed E-state index contributed by atoms with van der Waals surface area (Å²) in [5.41, 5.74) is 3.30. The zero-order valence-corrected chi connectivity index (χ0v) is 12.7. The lowest BCUT2D eigenvalue weighted by molar-refractivity contribution is 0.0703. The minimum atomic E-state index is 0.950. The Morgan fingerprint density at radius 2 is 1.63 bits per heavy atom. The van der Waals surface area contributed by atoms with Crippen molar-refractivity contribution in [2.75, 3.05) is 0 Å². The molecular weight excluding hydrogens is 228 g/mol. The lowest BCUT2D eigenvalue weighted by atomic mass is 9.54. The van der Waals surface area contributed by atoms with Gasteiger partial charge in [-0.1, -0.05) is 30.7 Å². The molecule has 0 nitrogen and oxygen atoms in total. The quantitative estimate of drug-likeness (QED) is 0.514. The molecule has 4 saturated carbocycles. The highest BCUT2D eigenvalue weighted by atomic mass is 14.5. The van der Waals surface area contributed by atoms with Crippen LogP contribution in [0.2, 0.25) is 0 Å². The second kappa shape index (κ2) is 5.85. The van der Waals surface area contributed by atoms with Crippen LogP contribution in [0, 0.1) is 23.7 Å². The number of hydrogen-bond acceptors (Lipinski definition) is 0. The van der Waals surface area contributed by atoms with Gasteiger partial charge in [-0.05, 0) is 87.9 Å². The predicted molar refractivity (Wildman–Crippen MR) is 83.0 cm³/mol. The molecule has 5 aliphatic carbocycles. The molecule has 19 heavy (non-hydrogen) atoms. The summed E-state index contributed by atoms with van der Waals surface area (Å²) in [6.07, 6.45) is 16.8. The molecule has 0 atom stereocenters. The molecular formula is C19H30. The van der Waals surface area contributed by atoms with E-state index < -0.39 is 0 Å². The van der Waals surface area contributed by atoms with Gasteiger partial charge in [-0.3, -0.25) is 0 Å². The zero-order chi connectivity index (χ0) is 13.2. The van der Waals surface area contributed by atoms with E-state index in [1.54, 1.807) is 17.6 Å². The Balaban J connectivity index is 0.000000123. The van der Waals surface area contributed by atoms with Crippen molar-refractivity contribution in [3.05, 3.63) is 23.8 Å². The Morgan fingerprint density at radius 3 is 2.05 bits per heavy atom. The van der Waals surface area contributed by atoms with Crippen molar-refractivity contribution in [3.8, 4) is 0 Å². The number of rotatable bonds is 1. The van der Waals surface area contributed by atoms with E-state index in [0.29, 0.717) is 0 Å². The van der Waals surface area contributed by atoms with Crippen LogP contribution in [0.15, 0.2) is 23.8 Å². The fourth-order valence-corrected chi connectivity index (χ4v) is 5.02. The van der Waals surface area contributed by atoms with E-state index in [0.717, 1.165) is 23.7 Å². The third kappa shape index (κ3) is 2.98. The molecule has 0 aliphatic heterocycles. The average Bonchev–Trinajstić information content (AvgIpc) is 2.45. The van der Waals surface area contributed by atoms with Crippen LogP contribution in [0.1, 0.15) is 71.1 Å². The molecule has 0 saturated heterocycles. The number of allylic oxidation sites excluding steroid dienone is 3. The Hall–Kier alpha value is -0.520. The number of hydrogen-bond donors (Lipinski definition) is 0. The molecule has 4 fully saturated rings. The Morgan fingerprint density at radius 1 is 1.00 bits per heavy atom. The van der Waals surface area contributed by atoms with Gasteiger partial charge in [0.1, 0.15) is 0 Å². The second-order valence-corrected chi connectivity index (χ2v) is 7.34. The van der Waals surface area contributed by atoms with E-state index in [4.69, 9.17) is 0 Å². The summed E-state index contributed by atoms with van der Waals surface area (Å²) < 4.78 is 0. The van der Waals surface area contributed by atoms with Crippen molar-refractivity contribution in [3.63, 3.8) is 0 Å². The molecule has 0 aromatic heterocycles. The Labute approximate surface area is 119 Å². The van der Waals surface area contributed by atoms with Crippen LogP contribution in [0.4, 0.5) is 0 Å². The van der Waals surface area contributed by atoms with Gasteiger partial charge in [0.05, 0.1) is 0 Å². The van der Waals surface area contributed by atoms with E-state index in [1.807, 2.05) is 0 Å². The molecule has 0 radical (unpaired) electrons. The minimum absolute atomic E-state index is 0.950. The smallest absolute Gasteiger partial charge is 0.0198 e. The van der Waals surface area contributed by atoms with E-state index in [2.05, 4.69) is 19.6 Å². The van der Waals surface area contributed by atoms with Crippen molar-refractivity contribution in [1.82, 2.24) is 0 Å². The van der Waals surface area contributed by atoms with E-state index in [-0.39, 0.29) is 0 Å². The molecule has 0 unspecified atom stereocenters. The highest BCUT2D eigenvalue weighted by Crippen LogP contribution is 2.55. The first-order valence-electron chi connectivity index (χ1n) is 8.62. The SMILES string of the molecule is C=C1C2CC3CC(C2)CC1C3.CCC1=CCCCC1. The zero-order valence-electron chi connectivity index (χ0n) is 12.7. The third-order valence-corrected chi connectivity index (χ3v) is 6.03. The molecule has 106 valence electrons. The third-order valence-electron chi connectivity index (χ3n) is 6.03. The van der Waals surface area contributed by atoms with Crippen LogP contribution in [0.5, 0.6) is 0 Å². The second-order valence-electron chi connectivity index (χ2n) is 7.34. The summed E-state index contributed by atoms with van der Waals surface area (Å²) in [6, 6.07) is 0. The highest BCUT2D eigenvalue weighted by molar-refractivity contribution is 5.16. The van der Waals surface area contributed by atoms with Crippen molar-refractivity contribution < 1.29 is 0 Å². The summed E-state index contributed by atoms with van der Waals surface area (Å²) in [6.45, 7) is 6.50. The fourth-order valence-electron chi connectivity index (χ4n) is 5.02. The standard InChI is InChI=1S/C11H16.C8H14/c1-7-10-3-8-2-9(5-10)6-11(7)4-8;1-2-8-6-4-3-5-7-8/h8-11H,1-6H2;6H,2-5,7H2,1H3. The largest absolute Gasteiger partial charge is 0.0993 e. The van der Waals surface area contributed by atoms with Gasteiger partial charge < -0.3 is 0 Å². The first kappa shape index (κ1) is 13.5. The van der Waals surface area contributed by atoms with Crippen LogP contribution in [0.25, 0.3) is 0 Å². The molecule has 0 heteroatoms. The molecule has 0 amide bonds. The van der Waals surface area contributed by atoms with Gasteiger partial charge in [-0.25, -0.2) is 0 Å². The molecule has 0 aromatic carbocycles. The molecule has 0 aromatic rings. The fraction of sp³-hybridized carbons (Fsp3) is 0.789. The van der Waals surface area contributed by atoms with E-state index >= 15 is 0 Å². The molecule has 0 heterocycles. The topological polar surface area (TPSA) is 0 Å². The Bertz CT molecular complexity index is 330. The first-order chi connectivity index (χ1) is 9.26. The molecule has 5 rings (SSSR count). The summed E-state index contributed by atoms with van der Waals surface area (Å²) in [5, 5.41) is 0. The van der Waals surface area contributed by atoms with Crippen molar-refractivity contribution in [2.24, 2.45) is 23.7 Å². The minimum Gasteiger partial charge on any atom is -0.0993 e. The monoisotopic (exact) mass is 258 g/mol. The molecule has 5 aliphatic rings. The van der Waals surface area contributed by atoms with Gasteiger partial charge in [0, 0.05) is 0 Å². The van der Waals surface area contributed by atoms with Gasteiger partial charge in [0.2, 0.25) is 0 Å². The van der Waals surface area contributed by atoms with Gasteiger partial charge in [0.15, 0.2) is 0 Å². The highest BCUT2D eigenvalue weighted by Gasteiger charge is 2.43. The van der Waals surface area contributed by atoms with Crippen LogP contribution in [0.3, 0.4) is 0 Å². The first-order valence-corrected chi connectivity index (χ1v) is 8.62. The van der Waals surface area contributed by atoms with Crippen molar-refractivity contribution >= 4 is 0 Å². The lowest BCUT2D eigenvalue weighted by Crippen LogP contribution is -2.39. The van der Waals surface area contributed by atoms with Crippen LogP contribution >= 0.6 is 0 Å². The van der Waals surface area contributed by atoms with E-state index in [9.17, 15) is 0 Å². The Kier molecular flexibility index (Phi) is 4.15. The predicted octanol–water partition coefficient (Wildman–Crippen LogP) is 5.90. The van der Waals surface area contributed by atoms with Crippen LogP contribution < -0.4 is 0 Å². The van der Waals surface area contributed by atoms with Gasteiger partial charge in [0.25, 0.3) is 0 Å². The van der Waals surface area contributed by atoms with E-state index in [1.165, 1.54) is 57.8 Å². The molecule has 0 spiro atoms. The van der Waals surface area contributed by atoms with Gasteiger partial charge in [-0.2, -0.15) is 0 Å². The maximum atomic E-state index is 4.25. The summed E-state index contributed by atoms with van der Waals surface area (Å²) in [7, 11) is 0. The normalized spacial score (nSPS) is 39.6. The summed E-state index contributed by atoms with van der Waals surface area (Å²) >= 11 is 0.